The Morgan fingerprint density at radius 1 is 1.40 bits per heavy atom. The van der Waals surface area contributed by atoms with Crippen LogP contribution in [0.1, 0.15) is 43.7 Å². The van der Waals surface area contributed by atoms with E-state index < -0.39 is 17.6 Å². The number of benzene rings is 1. The number of phenols is 1. The van der Waals surface area contributed by atoms with Gasteiger partial charge in [-0.1, -0.05) is 13.0 Å². The zero-order valence-electron chi connectivity index (χ0n) is 14.6. The number of aliphatic hydroxyl groups is 1. The molecule has 5 rings (SSSR count). The van der Waals surface area contributed by atoms with E-state index in [1.54, 1.807) is 6.07 Å². The van der Waals surface area contributed by atoms with Crippen molar-refractivity contribution in [2.45, 2.75) is 62.7 Å². The normalized spacial score (nSPS) is 36.0. The summed E-state index contributed by atoms with van der Waals surface area (Å²) < 4.78 is 6.01. The Morgan fingerprint density at radius 2 is 2.20 bits per heavy atom. The van der Waals surface area contributed by atoms with Crippen LogP contribution in [0.2, 0.25) is 0 Å². The molecule has 4 atom stereocenters. The second-order valence-electron chi connectivity index (χ2n) is 8.21. The van der Waals surface area contributed by atoms with Gasteiger partial charge in [-0.05, 0) is 49.8 Å². The van der Waals surface area contributed by atoms with Gasteiger partial charge >= 0.3 is 0 Å². The Morgan fingerprint density at radius 3 is 2.92 bits per heavy atom. The van der Waals surface area contributed by atoms with Gasteiger partial charge in [0.1, 0.15) is 0 Å². The number of hydrogen-bond donors (Lipinski definition) is 2. The van der Waals surface area contributed by atoms with Gasteiger partial charge in [-0.2, -0.15) is 0 Å². The molecule has 5 heteroatoms. The lowest BCUT2D eigenvalue weighted by molar-refractivity contribution is -0.137. The van der Waals surface area contributed by atoms with Crippen LogP contribution in [0.25, 0.3) is 0 Å². The average Bonchev–Trinajstić information content (AvgIpc) is 3.35. The average molecular weight is 343 g/mol. The third-order valence-corrected chi connectivity index (χ3v) is 6.83. The molecule has 2 aliphatic carbocycles. The number of Topliss-reactive ketones (excluding diaryl/α,β-unsaturated/α-hetero) is 1. The number of phenolic OH excluding ortho intramolecular Hbond substituents is 1. The van der Waals surface area contributed by atoms with Crippen LogP contribution >= 0.6 is 0 Å². The molecule has 1 aromatic carbocycles. The van der Waals surface area contributed by atoms with Gasteiger partial charge in [-0.15, -0.1) is 0 Å². The fourth-order valence-corrected chi connectivity index (χ4v) is 5.37. The summed E-state index contributed by atoms with van der Waals surface area (Å²) in [5, 5.41) is 21.7. The standard InChI is InChI=1S/C20H25NO4/c1-2-14(22)19-20-7-8-21(10-11-3-4-11)13(18(20)24)9-12-5-6-15(23)17(25-19)16(12)20/h5-6,11,13,18-19,23-24H,2-4,7-10H2,1H3/t13-,18-,19+,20-/m1/s1. The summed E-state index contributed by atoms with van der Waals surface area (Å²) >= 11 is 0. The van der Waals surface area contributed by atoms with Crippen molar-refractivity contribution in [2.24, 2.45) is 5.92 Å². The maximum atomic E-state index is 12.7. The van der Waals surface area contributed by atoms with Gasteiger partial charge in [0.05, 0.1) is 11.5 Å². The number of aliphatic hydroxyl groups excluding tert-OH is 1. The molecule has 5 nitrogen and oxygen atoms in total. The van der Waals surface area contributed by atoms with E-state index in [9.17, 15) is 15.0 Å². The molecule has 0 radical (unpaired) electrons. The zero-order valence-corrected chi connectivity index (χ0v) is 14.6. The van der Waals surface area contributed by atoms with Crippen LogP contribution < -0.4 is 4.74 Å². The molecule has 0 unspecified atom stereocenters. The molecule has 4 aliphatic rings. The Kier molecular flexibility index (Phi) is 3.26. The van der Waals surface area contributed by atoms with E-state index in [1.807, 2.05) is 13.0 Å². The number of carbonyl (C=O) groups is 1. The summed E-state index contributed by atoms with van der Waals surface area (Å²) in [6.07, 6.45) is 3.11. The van der Waals surface area contributed by atoms with Crippen LogP contribution in [-0.2, 0) is 16.6 Å². The smallest absolute Gasteiger partial charge is 0.174 e. The number of nitrogens with zero attached hydrogens (tertiary/aromatic N) is 1. The van der Waals surface area contributed by atoms with E-state index in [4.69, 9.17) is 4.74 Å². The first-order chi connectivity index (χ1) is 12.1. The number of ketones is 1. The minimum absolute atomic E-state index is 0.0110. The molecule has 2 fully saturated rings. The third-order valence-electron chi connectivity index (χ3n) is 6.83. The Bertz CT molecular complexity index is 743. The summed E-state index contributed by atoms with van der Waals surface area (Å²) in [4.78, 5) is 15.1. The van der Waals surface area contributed by atoms with Crippen molar-refractivity contribution in [3.63, 3.8) is 0 Å². The molecule has 2 aliphatic heterocycles. The highest BCUT2D eigenvalue weighted by Gasteiger charge is 2.64. The zero-order chi connectivity index (χ0) is 17.3. The number of rotatable bonds is 4. The van der Waals surface area contributed by atoms with Crippen molar-refractivity contribution < 1.29 is 19.7 Å². The number of ether oxygens (including phenoxy) is 1. The van der Waals surface area contributed by atoms with Crippen LogP contribution in [0.5, 0.6) is 11.5 Å². The molecule has 25 heavy (non-hydrogen) atoms. The molecule has 1 aromatic rings. The highest BCUT2D eigenvalue weighted by atomic mass is 16.5. The van der Waals surface area contributed by atoms with E-state index in [1.165, 1.54) is 12.8 Å². The number of likely N-dealkylation sites (tertiary alicyclic amines) is 1. The van der Waals surface area contributed by atoms with Crippen molar-refractivity contribution in [1.29, 1.82) is 0 Å². The Balaban J connectivity index is 1.64. The first kappa shape index (κ1) is 15.6. The molecule has 0 aromatic heterocycles. The van der Waals surface area contributed by atoms with Crippen LogP contribution in [0, 0.1) is 5.92 Å². The lowest BCUT2D eigenvalue weighted by atomic mass is 9.59. The number of aromatic hydroxyl groups is 1. The van der Waals surface area contributed by atoms with Gasteiger partial charge in [0.2, 0.25) is 0 Å². The lowest BCUT2D eigenvalue weighted by Gasteiger charge is -2.53. The maximum Gasteiger partial charge on any atom is 0.174 e. The van der Waals surface area contributed by atoms with Gasteiger partial charge in [-0.3, -0.25) is 9.69 Å². The van der Waals surface area contributed by atoms with Crippen molar-refractivity contribution in [2.75, 3.05) is 13.1 Å². The van der Waals surface area contributed by atoms with Gasteiger partial charge in [0.25, 0.3) is 0 Å². The first-order valence-electron chi connectivity index (χ1n) is 9.53. The first-order valence-corrected chi connectivity index (χ1v) is 9.53. The lowest BCUT2D eigenvalue weighted by Crippen LogP contribution is -2.67. The maximum absolute atomic E-state index is 12.7. The summed E-state index contributed by atoms with van der Waals surface area (Å²) in [7, 11) is 0. The third kappa shape index (κ3) is 1.99. The second-order valence-corrected chi connectivity index (χ2v) is 8.21. The van der Waals surface area contributed by atoms with Gasteiger partial charge in [0, 0.05) is 24.6 Å². The molecular weight excluding hydrogens is 318 g/mol. The van der Waals surface area contributed by atoms with E-state index in [0.29, 0.717) is 18.6 Å². The summed E-state index contributed by atoms with van der Waals surface area (Å²) in [5.74, 6) is 1.29. The van der Waals surface area contributed by atoms with Gasteiger partial charge in [-0.25, -0.2) is 0 Å². The van der Waals surface area contributed by atoms with Gasteiger partial charge in [0.15, 0.2) is 23.4 Å². The number of piperidine rings is 1. The number of hydrogen-bond acceptors (Lipinski definition) is 5. The second kappa shape index (κ2) is 5.21. The van der Waals surface area contributed by atoms with Crippen molar-refractivity contribution in [3.8, 4) is 11.5 Å². The minimum Gasteiger partial charge on any atom is -0.504 e. The molecule has 1 saturated heterocycles. The fourth-order valence-electron chi connectivity index (χ4n) is 5.37. The number of fused-ring (bicyclic) bond motifs is 1. The van der Waals surface area contributed by atoms with Crippen LogP contribution in [0.4, 0.5) is 0 Å². The SMILES string of the molecule is CCC(=O)[C@@H]1Oc2c(O)ccc3c2[C@@]12CCN(CC1CC1)[C@H](C3)[C@H]2O. The highest BCUT2D eigenvalue weighted by molar-refractivity contribution is 5.87. The molecule has 2 bridgehead atoms. The van der Waals surface area contributed by atoms with E-state index >= 15 is 0 Å². The predicted octanol–water partition coefficient (Wildman–Crippen LogP) is 1.77. The quantitative estimate of drug-likeness (QED) is 0.872. The number of carbonyl (C=O) groups excluding carboxylic acids is 1. The van der Waals surface area contributed by atoms with E-state index in [2.05, 4.69) is 4.90 Å². The fraction of sp³-hybridized carbons (Fsp3) is 0.650. The molecule has 134 valence electrons. The van der Waals surface area contributed by atoms with Crippen LogP contribution in [0.3, 0.4) is 0 Å². The van der Waals surface area contributed by atoms with E-state index in [0.717, 1.165) is 36.6 Å². The molecular formula is C20H25NO4. The monoisotopic (exact) mass is 343 g/mol. The Labute approximate surface area is 147 Å². The minimum atomic E-state index is -0.695. The predicted molar refractivity (Wildman–Crippen MR) is 91.9 cm³/mol. The highest BCUT2D eigenvalue weighted by Crippen LogP contribution is 2.58. The topological polar surface area (TPSA) is 70.0 Å². The van der Waals surface area contributed by atoms with Crippen molar-refractivity contribution >= 4 is 5.78 Å². The summed E-state index contributed by atoms with van der Waals surface area (Å²) in [6, 6.07) is 3.65. The van der Waals surface area contributed by atoms with Crippen molar-refractivity contribution in [1.82, 2.24) is 4.90 Å². The van der Waals surface area contributed by atoms with Crippen LogP contribution in [0.15, 0.2) is 12.1 Å². The Hall–Kier alpha value is -1.59. The van der Waals surface area contributed by atoms with Gasteiger partial charge < -0.3 is 14.9 Å². The van der Waals surface area contributed by atoms with Crippen molar-refractivity contribution in [3.05, 3.63) is 23.3 Å². The molecule has 1 saturated carbocycles. The molecule has 0 amide bonds. The largest absolute Gasteiger partial charge is 0.504 e. The molecule has 1 spiro atoms. The van der Waals surface area contributed by atoms with E-state index in [-0.39, 0.29) is 17.6 Å². The summed E-state index contributed by atoms with van der Waals surface area (Å²) in [5.41, 5.74) is 1.32. The van der Waals surface area contributed by atoms with Crippen LogP contribution in [-0.4, -0.2) is 52.2 Å². The molecule has 2 N–H and O–H groups in total. The molecule has 2 heterocycles. The summed E-state index contributed by atoms with van der Waals surface area (Å²) in [6.45, 7) is 3.76.